The van der Waals surface area contributed by atoms with E-state index in [9.17, 15) is 4.79 Å². The van der Waals surface area contributed by atoms with Crippen molar-refractivity contribution in [2.75, 3.05) is 0 Å². The van der Waals surface area contributed by atoms with Crippen LogP contribution >= 0.6 is 22.6 Å². The Labute approximate surface area is 110 Å². The number of rotatable bonds is 4. The topological polar surface area (TPSA) is 26.3 Å². The first-order chi connectivity index (χ1) is 7.65. The first-order valence-electron chi connectivity index (χ1n) is 5.03. The predicted molar refractivity (Wildman–Crippen MR) is 72.3 cm³/mol. The Morgan fingerprint density at radius 1 is 1.44 bits per heavy atom. The molecule has 0 aromatic heterocycles. The highest BCUT2D eigenvalue weighted by atomic mass is 127. The highest BCUT2D eigenvalue weighted by Gasteiger charge is 2.08. The minimum absolute atomic E-state index is 0.269. The number of hydrogen-bond acceptors (Lipinski definition) is 2. The van der Waals surface area contributed by atoms with E-state index in [0.29, 0.717) is 0 Å². The second-order valence-corrected chi connectivity index (χ2v) is 4.45. The lowest BCUT2D eigenvalue weighted by atomic mass is 10.1. The summed E-state index contributed by atoms with van der Waals surface area (Å²) in [4.78, 5) is 11.4. The van der Waals surface area contributed by atoms with Gasteiger partial charge in [-0.05, 0) is 40.1 Å². The fourth-order valence-electron chi connectivity index (χ4n) is 1.25. The van der Waals surface area contributed by atoms with E-state index in [2.05, 4.69) is 12.8 Å². The maximum absolute atomic E-state index is 11.4. The molecule has 16 heavy (non-hydrogen) atoms. The quantitative estimate of drug-likeness (QED) is 0.368. The van der Waals surface area contributed by atoms with Gasteiger partial charge in [-0.15, -0.1) is 6.42 Å². The molecule has 3 heteroatoms. The summed E-state index contributed by atoms with van der Waals surface area (Å²) >= 11 is 1.90. The van der Waals surface area contributed by atoms with Gasteiger partial charge in [0.05, 0.1) is 6.42 Å². The van der Waals surface area contributed by atoms with Crippen LogP contribution in [0.25, 0.3) is 0 Å². The molecular formula is C13H13IO2. The van der Waals surface area contributed by atoms with Crippen LogP contribution in [0.15, 0.2) is 24.3 Å². The van der Waals surface area contributed by atoms with Gasteiger partial charge in [-0.1, -0.05) is 37.1 Å². The Kier molecular flexibility index (Phi) is 5.33. The molecule has 0 fully saturated rings. The monoisotopic (exact) mass is 328 g/mol. The molecule has 0 aliphatic heterocycles. The molecule has 0 N–H and O–H groups in total. The van der Waals surface area contributed by atoms with Crippen LogP contribution in [0.1, 0.15) is 18.1 Å². The Balaban J connectivity index is 2.53. The number of terminal acetylenes is 1. The van der Waals surface area contributed by atoms with Crippen LogP contribution < -0.4 is 0 Å². The van der Waals surface area contributed by atoms with Gasteiger partial charge in [0.1, 0.15) is 0 Å². The minimum Gasteiger partial charge on any atom is -0.439 e. The summed E-state index contributed by atoms with van der Waals surface area (Å²) in [6.45, 7) is 2.09. The molecule has 2 nitrogen and oxygen atoms in total. The molecule has 0 saturated carbocycles. The first-order valence-corrected chi connectivity index (χ1v) is 6.27. The van der Waals surface area contributed by atoms with Crippen molar-refractivity contribution in [3.63, 3.8) is 0 Å². The Hall–Kier alpha value is -1.02. The fourth-order valence-corrected chi connectivity index (χ4v) is 1.53. The standard InChI is InChI=1S/C13H13IO2/c1-3-10-5-7-11(8-6-10)9-13(15)16-12(14)4-2/h2,5-8,12H,3,9H2,1H3. The summed E-state index contributed by atoms with van der Waals surface area (Å²) < 4.78 is 4.49. The third-order valence-corrected chi connectivity index (χ3v) is 2.76. The molecule has 0 amide bonds. The Bertz CT molecular complexity index is 389. The lowest BCUT2D eigenvalue weighted by Crippen LogP contribution is -2.12. The van der Waals surface area contributed by atoms with Gasteiger partial charge in [0, 0.05) is 0 Å². The van der Waals surface area contributed by atoms with Crippen LogP contribution in [0.4, 0.5) is 0 Å². The van der Waals surface area contributed by atoms with Crippen LogP contribution in [-0.4, -0.2) is 10.1 Å². The van der Waals surface area contributed by atoms with Crippen LogP contribution in [0.2, 0.25) is 0 Å². The fraction of sp³-hybridized carbons (Fsp3) is 0.308. The number of halogens is 1. The molecule has 84 valence electrons. The molecule has 1 atom stereocenters. The molecule has 0 aliphatic carbocycles. The first kappa shape index (κ1) is 13.0. The van der Waals surface area contributed by atoms with E-state index in [-0.39, 0.29) is 12.4 Å². The van der Waals surface area contributed by atoms with E-state index in [1.165, 1.54) is 5.56 Å². The van der Waals surface area contributed by atoms with Crippen molar-refractivity contribution < 1.29 is 9.53 Å². The van der Waals surface area contributed by atoms with Gasteiger partial charge in [-0.25, -0.2) is 0 Å². The summed E-state index contributed by atoms with van der Waals surface area (Å²) in [5.41, 5.74) is 2.20. The molecule has 1 aromatic carbocycles. The van der Waals surface area contributed by atoms with E-state index < -0.39 is 4.11 Å². The number of aryl methyl sites for hydroxylation is 1. The lowest BCUT2D eigenvalue weighted by molar-refractivity contribution is -0.142. The zero-order valence-corrected chi connectivity index (χ0v) is 11.2. The average molecular weight is 328 g/mol. The van der Waals surface area contributed by atoms with Crippen molar-refractivity contribution in [2.24, 2.45) is 0 Å². The Morgan fingerprint density at radius 3 is 2.50 bits per heavy atom. The van der Waals surface area contributed by atoms with Crippen molar-refractivity contribution in [3.8, 4) is 12.3 Å². The normalized spacial score (nSPS) is 11.6. The Morgan fingerprint density at radius 2 is 2.00 bits per heavy atom. The van der Waals surface area contributed by atoms with Crippen LogP contribution in [0.3, 0.4) is 0 Å². The number of carbonyl (C=O) groups excluding carboxylic acids is 1. The largest absolute Gasteiger partial charge is 0.439 e. The zero-order valence-electron chi connectivity index (χ0n) is 9.07. The minimum atomic E-state index is -0.486. The molecular weight excluding hydrogens is 315 g/mol. The van der Waals surface area contributed by atoms with Gasteiger partial charge in [0.15, 0.2) is 0 Å². The number of ether oxygens (including phenoxy) is 1. The van der Waals surface area contributed by atoms with Gasteiger partial charge in [0.2, 0.25) is 4.11 Å². The van der Waals surface area contributed by atoms with Crippen molar-refractivity contribution in [1.82, 2.24) is 0 Å². The van der Waals surface area contributed by atoms with E-state index in [1.54, 1.807) is 0 Å². The van der Waals surface area contributed by atoms with Crippen LogP contribution in [0.5, 0.6) is 0 Å². The molecule has 1 aromatic rings. The summed E-state index contributed by atoms with van der Waals surface area (Å²) in [5.74, 6) is 2.05. The molecule has 0 saturated heterocycles. The molecule has 0 spiro atoms. The predicted octanol–water partition coefficient (Wildman–Crippen LogP) is 2.73. The van der Waals surface area contributed by atoms with E-state index in [0.717, 1.165) is 12.0 Å². The number of hydrogen-bond donors (Lipinski definition) is 0. The summed E-state index contributed by atoms with van der Waals surface area (Å²) in [6.07, 6.45) is 6.38. The summed E-state index contributed by atoms with van der Waals surface area (Å²) in [6, 6.07) is 7.92. The van der Waals surface area contributed by atoms with Crippen molar-refractivity contribution >= 4 is 28.6 Å². The summed E-state index contributed by atoms with van der Waals surface area (Å²) in [5, 5.41) is 0. The van der Waals surface area contributed by atoms with Gasteiger partial charge in [0.25, 0.3) is 0 Å². The maximum atomic E-state index is 11.4. The van der Waals surface area contributed by atoms with Crippen LogP contribution in [0, 0.1) is 12.3 Å². The number of alkyl halides is 1. The summed E-state index contributed by atoms with van der Waals surface area (Å²) in [7, 11) is 0. The molecule has 0 radical (unpaired) electrons. The second kappa shape index (κ2) is 6.54. The third-order valence-electron chi connectivity index (χ3n) is 2.15. The maximum Gasteiger partial charge on any atom is 0.312 e. The number of carbonyl (C=O) groups is 1. The van der Waals surface area contributed by atoms with Gasteiger partial charge in [-0.3, -0.25) is 4.79 Å². The van der Waals surface area contributed by atoms with E-state index in [1.807, 2.05) is 46.9 Å². The number of esters is 1. The highest BCUT2D eigenvalue weighted by Crippen LogP contribution is 2.08. The number of benzene rings is 1. The highest BCUT2D eigenvalue weighted by molar-refractivity contribution is 14.1. The van der Waals surface area contributed by atoms with Crippen molar-refractivity contribution in [3.05, 3.63) is 35.4 Å². The van der Waals surface area contributed by atoms with E-state index >= 15 is 0 Å². The van der Waals surface area contributed by atoms with Gasteiger partial charge in [-0.2, -0.15) is 0 Å². The molecule has 1 unspecified atom stereocenters. The van der Waals surface area contributed by atoms with Crippen molar-refractivity contribution in [1.29, 1.82) is 0 Å². The van der Waals surface area contributed by atoms with Gasteiger partial charge < -0.3 is 4.74 Å². The van der Waals surface area contributed by atoms with Crippen LogP contribution in [-0.2, 0) is 22.4 Å². The van der Waals surface area contributed by atoms with E-state index in [4.69, 9.17) is 11.2 Å². The SMILES string of the molecule is C#CC(I)OC(=O)Cc1ccc(CC)cc1. The zero-order chi connectivity index (χ0) is 12.0. The van der Waals surface area contributed by atoms with Crippen molar-refractivity contribution in [2.45, 2.75) is 23.9 Å². The second-order valence-electron chi connectivity index (χ2n) is 3.32. The smallest absolute Gasteiger partial charge is 0.312 e. The molecule has 0 heterocycles. The van der Waals surface area contributed by atoms with Gasteiger partial charge >= 0.3 is 5.97 Å². The lowest BCUT2D eigenvalue weighted by Gasteiger charge is -2.06. The third kappa shape index (κ3) is 4.23. The average Bonchev–Trinajstić information content (AvgIpc) is 2.29. The molecule has 0 bridgehead atoms. The molecule has 0 aliphatic rings. The molecule has 1 rings (SSSR count).